The molecule has 0 heterocycles. The van der Waals surface area contributed by atoms with E-state index in [0.29, 0.717) is 11.4 Å². The third-order valence-electron chi connectivity index (χ3n) is 3.39. The van der Waals surface area contributed by atoms with E-state index in [-0.39, 0.29) is 0 Å². The van der Waals surface area contributed by atoms with Crippen LogP contribution in [0.25, 0.3) is 11.1 Å². The molecular weight excluding hydrogens is 356 g/mol. The van der Waals surface area contributed by atoms with Gasteiger partial charge in [0.15, 0.2) is 0 Å². The number of carbonyl (C=O) groups excluding carboxylic acids is 2. The van der Waals surface area contributed by atoms with Gasteiger partial charge in [-0.3, -0.25) is 10.6 Å². The van der Waals surface area contributed by atoms with Crippen LogP contribution in [-0.4, -0.2) is 23.4 Å². The van der Waals surface area contributed by atoms with Crippen molar-refractivity contribution in [1.82, 2.24) is 0 Å². The first-order valence-electron chi connectivity index (χ1n) is 9.12. The van der Waals surface area contributed by atoms with Crippen LogP contribution < -0.4 is 10.6 Å². The monoisotopic (exact) mass is 384 g/mol. The molecular formula is C22H28N2O4. The summed E-state index contributed by atoms with van der Waals surface area (Å²) in [5.41, 5.74) is 2.19. The molecule has 0 saturated carbocycles. The summed E-state index contributed by atoms with van der Waals surface area (Å²) in [7, 11) is 0. The maximum absolute atomic E-state index is 11.8. The predicted molar refractivity (Wildman–Crippen MR) is 112 cm³/mol. The molecule has 0 aromatic heterocycles. The quantitative estimate of drug-likeness (QED) is 0.675. The number of anilines is 2. The van der Waals surface area contributed by atoms with Crippen LogP contribution in [0.15, 0.2) is 48.5 Å². The van der Waals surface area contributed by atoms with Gasteiger partial charge >= 0.3 is 12.2 Å². The fraction of sp³-hybridized carbons (Fsp3) is 0.364. The molecule has 0 aliphatic heterocycles. The van der Waals surface area contributed by atoms with Crippen LogP contribution in [0.2, 0.25) is 0 Å². The Labute approximate surface area is 166 Å². The predicted octanol–water partition coefficient (Wildman–Crippen LogP) is 6.05. The van der Waals surface area contributed by atoms with Crippen LogP contribution in [-0.2, 0) is 9.47 Å². The number of hydrogen-bond donors (Lipinski definition) is 2. The van der Waals surface area contributed by atoms with E-state index in [1.54, 1.807) is 0 Å². The number of nitrogens with one attached hydrogen (secondary N) is 2. The molecule has 2 rings (SSSR count). The minimum absolute atomic E-state index is 0.488. The maximum Gasteiger partial charge on any atom is 0.412 e. The Kier molecular flexibility index (Phi) is 6.33. The summed E-state index contributed by atoms with van der Waals surface area (Å²) >= 11 is 0. The molecule has 0 unspecified atom stereocenters. The van der Waals surface area contributed by atoms with Crippen LogP contribution in [0.4, 0.5) is 21.0 Å². The Morgan fingerprint density at radius 3 is 1.14 bits per heavy atom. The summed E-state index contributed by atoms with van der Waals surface area (Å²) < 4.78 is 10.5. The standard InChI is InChI=1S/C22H28N2O4/c1-21(2,3)27-19(25)23-17-11-7-15(8-12-17)16-9-13-18(14-10-16)24-20(26)28-22(4,5)6/h7-14H,1-6H3,(H,23,25)(H,24,26). The Morgan fingerprint density at radius 2 is 0.893 bits per heavy atom. The minimum atomic E-state index is -0.543. The van der Waals surface area contributed by atoms with E-state index >= 15 is 0 Å². The molecule has 2 aromatic carbocycles. The zero-order chi connectivity index (χ0) is 20.9. The maximum atomic E-state index is 11.8. The van der Waals surface area contributed by atoms with Gasteiger partial charge in [-0.05, 0) is 76.9 Å². The van der Waals surface area contributed by atoms with Gasteiger partial charge in [0.25, 0.3) is 0 Å². The average Bonchev–Trinajstić information content (AvgIpc) is 2.52. The highest BCUT2D eigenvalue weighted by atomic mass is 16.6. The Hall–Kier alpha value is -3.02. The van der Waals surface area contributed by atoms with Crippen molar-refractivity contribution in [3.8, 4) is 11.1 Å². The summed E-state index contributed by atoms with van der Waals surface area (Å²) in [6.45, 7) is 10.9. The third kappa shape index (κ3) is 7.31. The molecule has 150 valence electrons. The van der Waals surface area contributed by atoms with Gasteiger partial charge in [0.2, 0.25) is 0 Å². The number of amides is 2. The van der Waals surface area contributed by atoms with E-state index in [4.69, 9.17) is 9.47 Å². The largest absolute Gasteiger partial charge is 0.444 e. The lowest BCUT2D eigenvalue weighted by Gasteiger charge is -2.20. The highest BCUT2D eigenvalue weighted by Crippen LogP contribution is 2.24. The van der Waals surface area contributed by atoms with Crippen molar-refractivity contribution in [2.75, 3.05) is 10.6 Å². The fourth-order valence-electron chi connectivity index (χ4n) is 2.33. The van der Waals surface area contributed by atoms with E-state index in [0.717, 1.165) is 11.1 Å². The lowest BCUT2D eigenvalue weighted by atomic mass is 10.1. The van der Waals surface area contributed by atoms with E-state index < -0.39 is 23.4 Å². The Balaban J connectivity index is 1.98. The van der Waals surface area contributed by atoms with Crippen LogP contribution in [0.5, 0.6) is 0 Å². The second-order valence-corrected chi connectivity index (χ2v) is 8.41. The lowest BCUT2D eigenvalue weighted by molar-refractivity contribution is 0.0624. The first-order chi connectivity index (χ1) is 12.9. The number of ether oxygens (including phenoxy) is 2. The molecule has 0 aliphatic rings. The topological polar surface area (TPSA) is 76.7 Å². The van der Waals surface area contributed by atoms with Crippen LogP contribution in [0, 0.1) is 0 Å². The van der Waals surface area contributed by atoms with Gasteiger partial charge in [-0.2, -0.15) is 0 Å². The molecule has 0 atom stereocenters. The van der Waals surface area contributed by atoms with Gasteiger partial charge in [-0.1, -0.05) is 24.3 Å². The van der Waals surface area contributed by atoms with Crippen molar-refractivity contribution in [3.05, 3.63) is 48.5 Å². The highest BCUT2D eigenvalue weighted by Gasteiger charge is 2.17. The smallest absolute Gasteiger partial charge is 0.412 e. The Bertz CT molecular complexity index is 742. The van der Waals surface area contributed by atoms with Gasteiger partial charge in [0, 0.05) is 11.4 Å². The second kappa shape index (κ2) is 8.33. The second-order valence-electron chi connectivity index (χ2n) is 8.41. The lowest BCUT2D eigenvalue weighted by Crippen LogP contribution is -2.27. The summed E-state index contributed by atoms with van der Waals surface area (Å²) in [4.78, 5) is 23.6. The van der Waals surface area contributed by atoms with Gasteiger partial charge < -0.3 is 9.47 Å². The zero-order valence-electron chi connectivity index (χ0n) is 17.3. The van der Waals surface area contributed by atoms with Crippen molar-refractivity contribution >= 4 is 23.6 Å². The molecule has 0 bridgehead atoms. The zero-order valence-corrected chi connectivity index (χ0v) is 17.3. The van der Waals surface area contributed by atoms with Crippen molar-refractivity contribution in [3.63, 3.8) is 0 Å². The minimum Gasteiger partial charge on any atom is -0.444 e. The van der Waals surface area contributed by atoms with Gasteiger partial charge in [0.05, 0.1) is 0 Å². The first-order valence-corrected chi connectivity index (χ1v) is 9.12. The molecule has 2 aromatic rings. The van der Waals surface area contributed by atoms with Gasteiger partial charge in [-0.25, -0.2) is 9.59 Å². The van der Waals surface area contributed by atoms with Crippen molar-refractivity contribution < 1.29 is 19.1 Å². The van der Waals surface area contributed by atoms with Crippen molar-refractivity contribution in [2.24, 2.45) is 0 Å². The summed E-state index contributed by atoms with van der Waals surface area (Å²) in [6, 6.07) is 14.9. The number of rotatable bonds is 3. The normalized spacial score (nSPS) is 11.5. The molecule has 0 saturated heterocycles. The van der Waals surface area contributed by atoms with Crippen molar-refractivity contribution in [2.45, 2.75) is 52.7 Å². The van der Waals surface area contributed by atoms with Crippen LogP contribution >= 0.6 is 0 Å². The van der Waals surface area contributed by atoms with E-state index in [1.165, 1.54) is 0 Å². The molecule has 28 heavy (non-hydrogen) atoms. The number of benzene rings is 2. The summed E-state index contributed by atoms with van der Waals surface area (Å²) in [5, 5.41) is 5.41. The first kappa shape index (κ1) is 21.3. The van der Waals surface area contributed by atoms with Crippen LogP contribution in [0.1, 0.15) is 41.5 Å². The van der Waals surface area contributed by atoms with E-state index in [9.17, 15) is 9.59 Å². The molecule has 6 heteroatoms. The van der Waals surface area contributed by atoms with Gasteiger partial charge in [0.1, 0.15) is 11.2 Å². The highest BCUT2D eigenvalue weighted by molar-refractivity contribution is 5.86. The molecule has 2 N–H and O–H groups in total. The molecule has 0 spiro atoms. The van der Waals surface area contributed by atoms with Crippen LogP contribution in [0.3, 0.4) is 0 Å². The molecule has 6 nitrogen and oxygen atoms in total. The summed E-state index contributed by atoms with van der Waals surface area (Å²) in [6.07, 6.45) is -0.976. The number of carbonyl (C=O) groups is 2. The average molecular weight is 384 g/mol. The molecule has 2 amide bonds. The van der Waals surface area contributed by atoms with Gasteiger partial charge in [-0.15, -0.1) is 0 Å². The van der Waals surface area contributed by atoms with E-state index in [2.05, 4.69) is 10.6 Å². The van der Waals surface area contributed by atoms with E-state index in [1.807, 2.05) is 90.1 Å². The van der Waals surface area contributed by atoms with Crippen molar-refractivity contribution in [1.29, 1.82) is 0 Å². The molecule has 0 radical (unpaired) electrons. The molecule has 0 aliphatic carbocycles. The SMILES string of the molecule is CC(C)(C)OC(=O)Nc1ccc(-c2ccc(NC(=O)OC(C)(C)C)cc2)cc1. The number of hydrogen-bond acceptors (Lipinski definition) is 4. The Morgan fingerprint density at radius 1 is 0.607 bits per heavy atom. The fourth-order valence-corrected chi connectivity index (χ4v) is 2.33. The summed E-state index contributed by atoms with van der Waals surface area (Å²) in [5.74, 6) is 0. The third-order valence-corrected chi connectivity index (χ3v) is 3.39. The molecule has 0 fully saturated rings.